The van der Waals surface area contributed by atoms with E-state index in [2.05, 4.69) is 27.4 Å². The Morgan fingerprint density at radius 2 is 1.79 bits per heavy atom. The quantitative estimate of drug-likeness (QED) is 0.679. The van der Waals surface area contributed by atoms with Gasteiger partial charge in [-0.3, -0.25) is 0 Å². The van der Waals surface area contributed by atoms with Gasteiger partial charge in [-0.2, -0.15) is 0 Å². The van der Waals surface area contributed by atoms with E-state index < -0.39 is 0 Å². The summed E-state index contributed by atoms with van der Waals surface area (Å²) < 4.78 is 0. The Hall–Kier alpha value is -1.87. The van der Waals surface area contributed by atoms with Crippen molar-refractivity contribution < 1.29 is 0 Å². The van der Waals surface area contributed by atoms with Crippen molar-refractivity contribution in [2.45, 2.75) is 18.9 Å². The second-order valence-corrected chi connectivity index (χ2v) is 4.94. The van der Waals surface area contributed by atoms with Gasteiger partial charge in [-0.25, -0.2) is 9.97 Å². The normalized spacial score (nSPS) is 14.8. The molecule has 0 fully saturated rings. The van der Waals surface area contributed by atoms with Crippen LogP contribution in [0.5, 0.6) is 0 Å². The first-order valence-corrected chi connectivity index (χ1v) is 6.70. The van der Waals surface area contributed by atoms with E-state index in [1.165, 1.54) is 0 Å². The number of nitrogens with one attached hydrogen (secondary N) is 1. The molecule has 96 valence electrons. The highest BCUT2D eigenvalue weighted by Gasteiger charge is 2.12. The Labute approximate surface area is 117 Å². The summed E-state index contributed by atoms with van der Waals surface area (Å²) in [6.07, 6.45) is 6.42. The minimum absolute atomic E-state index is 0.412. The predicted molar refractivity (Wildman–Crippen MR) is 78.3 cm³/mol. The van der Waals surface area contributed by atoms with Gasteiger partial charge < -0.3 is 5.32 Å². The van der Waals surface area contributed by atoms with Crippen molar-refractivity contribution in [3.8, 4) is 11.4 Å². The SMILES string of the molecule is Clc1cc(NC2CC=CC2)nc(-c2ccccc2)n1. The van der Waals surface area contributed by atoms with Crippen molar-refractivity contribution in [2.75, 3.05) is 5.32 Å². The van der Waals surface area contributed by atoms with Crippen LogP contribution in [0, 0.1) is 0 Å². The van der Waals surface area contributed by atoms with E-state index in [0.717, 1.165) is 24.2 Å². The molecular weight excluding hydrogens is 258 g/mol. The van der Waals surface area contributed by atoms with Crippen LogP contribution >= 0.6 is 11.6 Å². The predicted octanol–water partition coefficient (Wildman–Crippen LogP) is 3.93. The first kappa shape index (κ1) is 12.2. The minimum Gasteiger partial charge on any atom is -0.367 e. The largest absolute Gasteiger partial charge is 0.367 e. The Morgan fingerprint density at radius 3 is 2.53 bits per heavy atom. The number of hydrogen-bond donors (Lipinski definition) is 1. The molecule has 4 heteroatoms. The monoisotopic (exact) mass is 271 g/mol. The van der Waals surface area contributed by atoms with Crippen LogP contribution in [0.15, 0.2) is 48.6 Å². The summed E-state index contributed by atoms with van der Waals surface area (Å²) in [5.74, 6) is 1.44. The van der Waals surface area contributed by atoms with E-state index >= 15 is 0 Å². The highest BCUT2D eigenvalue weighted by Crippen LogP contribution is 2.22. The summed E-state index contributed by atoms with van der Waals surface area (Å²) in [7, 11) is 0. The van der Waals surface area contributed by atoms with Crippen molar-refractivity contribution in [1.29, 1.82) is 0 Å². The van der Waals surface area contributed by atoms with E-state index in [1.807, 2.05) is 30.3 Å². The van der Waals surface area contributed by atoms with Gasteiger partial charge in [-0.1, -0.05) is 54.1 Å². The first-order valence-electron chi connectivity index (χ1n) is 6.33. The molecule has 0 atom stereocenters. The zero-order valence-corrected chi connectivity index (χ0v) is 11.1. The maximum Gasteiger partial charge on any atom is 0.163 e. The number of halogens is 1. The lowest BCUT2D eigenvalue weighted by Crippen LogP contribution is -2.16. The number of hydrogen-bond acceptors (Lipinski definition) is 3. The summed E-state index contributed by atoms with van der Waals surface area (Å²) in [5.41, 5.74) is 0.970. The summed E-state index contributed by atoms with van der Waals surface area (Å²) in [5, 5.41) is 3.85. The second kappa shape index (κ2) is 5.41. The molecule has 3 nitrogen and oxygen atoms in total. The van der Waals surface area contributed by atoms with Crippen LogP contribution in [-0.4, -0.2) is 16.0 Å². The Bertz CT molecular complexity index is 588. The Kier molecular flexibility index (Phi) is 3.47. The number of aromatic nitrogens is 2. The van der Waals surface area contributed by atoms with E-state index in [-0.39, 0.29) is 0 Å². The van der Waals surface area contributed by atoms with Crippen molar-refractivity contribution in [3.63, 3.8) is 0 Å². The summed E-state index contributed by atoms with van der Waals surface area (Å²) in [6.45, 7) is 0. The van der Waals surface area contributed by atoms with Crippen molar-refractivity contribution in [1.82, 2.24) is 9.97 Å². The van der Waals surface area contributed by atoms with Gasteiger partial charge in [-0.15, -0.1) is 0 Å². The molecular formula is C15H14ClN3. The van der Waals surface area contributed by atoms with Crippen LogP contribution in [-0.2, 0) is 0 Å². The molecule has 3 rings (SSSR count). The van der Waals surface area contributed by atoms with Crippen molar-refractivity contribution in [3.05, 3.63) is 53.7 Å². The maximum absolute atomic E-state index is 6.08. The standard InChI is InChI=1S/C15H14ClN3/c16-13-10-14(17-12-8-4-5-9-12)19-15(18-13)11-6-2-1-3-7-11/h1-7,10,12H,8-9H2,(H,17,18,19). The highest BCUT2D eigenvalue weighted by atomic mass is 35.5. The molecule has 1 aliphatic carbocycles. The number of nitrogens with zero attached hydrogens (tertiary/aromatic N) is 2. The lowest BCUT2D eigenvalue weighted by Gasteiger charge is -2.13. The molecule has 0 amide bonds. The molecule has 1 aromatic carbocycles. The van der Waals surface area contributed by atoms with Crippen LogP contribution in [0.3, 0.4) is 0 Å². The third-order valence-corrected chi connectivity index (χ3v) is 3.28. The molecule has 0 spiro atoms. The topological polar surface area (TPSA) is 37.8 Å². The molecule has 1 N–H and O–H groups in total. The second-order valence-electron chi connectivity index (χ2n) is 4.55. The molecule has 1 aliphatic rings. The molecule has 0 saturated heterocycles. The van der Waals surface area contributed by atoms with Gasteiger partial charge in [-0.05, 0) is 12.8 Å². The van der Waals surface area contributed by atoms with Crippen molar-refractivity contribution >= 4 is 17.4 Å². The fraction of sp³-hybridized carbons (Fsp3) is 0.200. The van der Waals surface area contributed by atoms with E-state index in [0.29, 0.717) is 17.0 Å². The Morgan fingerprint density at radius 1 is 1.05 bits per heavy atom. The highest BCUT2D eigenvalue weighted by molar-refractivity contribution is 6.29. The molecule has 1 aromatic heterocycles. The molecule has 0 saturated carbocycles. The summed E-state index contributed by atoms with van der Waals surface area (Å²) >= 11 is 6.08. The molecule has 0 unspecified atom stereocenters. The van der Waals surface area contributed by atoms with Crippen LogP contribution in [0.25, 0.3) is 11.4 Å². The molecule has 2 aromatic rings. The Balaban J connectivity index is 1.87. The van der Waals surface area contributed by atoms with E-state index in [1.54, 1.807) is 6.07 Å². The maximum atomic E-state index is 6.08. The van der Waals surface area contributed by atoms with E-state index in [9.17, 15) is 0 Å². The number of anilines is 1. The van der Waals surface area contributed by atoms with Crippen LogP contribution in [0.2, 0.25) is 5.15 Å². The average Bonchev–Trinajstić information content (AvgIpc) is 2.92. The van der Waals surface area contributed by atoms with Crippen LogP contribution < -0.4 is 5.32 Å². The van der Waals surface area contributed by atoms with Gasteiger partial charge in [0.25, 0.3) is 0 Å². The summed E-state index contributed by atoms with van der Waals surface area (Å²) in [4.78, 5) is 8.81. The molecule has 0 aliphatic heterocycles. The molecule has 19 heavy (non-hydrogen) atoms. The molecule has 1 heterocycles. The van der Waals surface area contributed by atoms with Gasteiger partial charge >= 0.3 is 0 Å². The third-order valence-electron chi connectivity index (χ3n) is 3.09. The van der Waals surface area contributed by atoms with Crippen LogP contribution in [0.4, 0.5) is 5.82 Å². The molecule has 0 radical (unpaired) electrons. The molecule has 0 bridgehead atoms. The fourth-order valence-electron chi connectivity index (χ4n) is 2.15. The van der Waals surface area contributed by atoms with Crippen LogP contribution in [0.1, 0.15) is 12.8 Å². The average molecular weight is 272 g/mol. The van der Waals surface area contributed by atoms with E-state index in [4.69, 9.17) is 11.6 Å². The first-order chi connectivity index (χ1) is 9.31. The summed E-state index contributed by atoms with van der Waals surface area (Å²) in [6, 6.07) is 12.0. The van der Waals surface area contributed by atoms with Gasteiger partial charge in [0.2, 0.25) is 0 Å². The van der Waals surface area contributed by atoms with Gasteiger partial charge in [0.15, 0.2) is 5.82 Å². The zero-order chi connectivity index (χ0) is 13.1. The van der Waals surface area contributed by atoms with Gasteiger partial charge in [0, 0.05) is 17.7 Å². The number of benzene rings is 1. The van der Waals surface area contributed by atoms with Crippen molar-refractivity contribution in [2.24, 2.45) is 0 Å². The minimum atomic E-state index is 0.412. The van der Waals surface area contributed by atoms with Gasteiger partial charge in [0.1, 0.15) is 11.0 Å². The lowest BCUT2D eigenvalue weighted by atomic mass is 10.2. The lowest BCUT2D eigenvalue weighted by molar-refractivity contribution is 0.780. The third kappa shape index (κ3) is 2.93. The number of rotatable bonds is 3. The van der Waals surface area contributed by atoms with Gasteiger partial charge in [0.05, 0.1) is 0 Å². The smallest absolute Gasteiger partial charge is 0.163 e. The fourth-order valence-corrected chi connectivity index (χ4v) is 2.34. The zero-order valence-electron chi connectivity index (χ0n) is 10.4.